The number of thioether (sulfide) groups is 1. The summed E-state index contributed by atoms with van der Waals surface area (Å²) in [6.07, 6.45) is 1.46. The van der Waals surface area contributed by atoms with Crippen molar-refractivity contribution in [1.29, 1.82) is 0 Å². The number of amides is 1. The molecule has 1 aromatic heterocycles. The Morgan fingerprint density at radius 1 is 1.09 bits per heavy atom. The van der Waals surface area contributed by atoms with Crippen molar-refractivity contribution in [2.24, 2.45) is 5.10 Å². The minimum atomic E-state index is -0.296. The first-order valence-corrected chi connectivity index (χ1v) is 11.5. The van der Waals surface area contributed by atoms with E-state index in [4.69, 9.17) is 23.2 Å². The molecule has 0 aliphatic heterocycles. The second-order valence-corrected chi connectivity index (χ2v) is 8.67. The minimum Gasteiger partial charge on any atom is -0.508 e. The molecule has 0 saturated heterocycles. The Morgan fingerprint density at radius 2 is 1.79 bits per heavy atom. The van der Waals surface area contributed by atoms with Crippen molar-refractivity contribution >= 4 is 47.1 Å². The highest BCUT2D eigenvalue weighted by Crippen LogP contribution is 2.22. The van der Waals surface area contributed by atoms with E-state index in [0.29, 0.717) is 20.8 Å². The number of aromatic nitrogens is 3. The number of hydrazone groups is 1. The zero-order valence-corrected chi connectivity index (χ0v) is 19.4. The highest BCUT2D eigenvalue weighted by molar-refractivity contribution is 7.99. The summed E-state index contributed by atoms with van der Waals surface area (Å²) >= 11 is 13.3. The molecule has 0 fully saturated rings. The van der Waals surface area contributed by atoms with Crippen molar-refractivity contribution in [2.75, 3.05) is 5.75 Å². The van der Waals surface area contributed by atoms with E-state index in [2.05, 4.69) is 20.7 Å². The maximum absolute atomic E-state index is 12.3. The van der Waals surface area contributed by atoms with Crippen LogP contribution in [-0.2, 0) is 4.79 Å². The lowest BCUT2D eigenvalue weighted by molar-refractivity contribution is -0.625. The number of hydrogen-bond acceptors (Lipinski definition) is 5. The SMILES string of the molecule is O=C(CSc1n[nH]c(-c2ccc(Cl)cc2)[n+]1-c1ccc(Cl)cc1)N/N=C/c1cccc(O)c1. The molecule has 0 saturated carbocycles. The summed E-state index contributed by atoms with van der Waals surface area (Å²) in [5.74, 6) is 0.659. The standard InChI is InChI=1S/C23H17Cl2N5O2S/c24-17-6-4-16(5-7-17)22-28-29-23(30(22)19-10-8-18(25)9-11-19)33-14-21(32)27-26-13-15-2-1-3-20(31)12-15/h1-13H,14H2,(H2,27,31,32)/p+1/b26-13+. The van der Waals surface area contributed by atoms with Gasteiger partial charge < -0.3 is 5.11 Å². The molecule has 0 unspecified atom stereocenters. The van der Waals surface area contributed by atoms with Gasteiger partial charge in [0, 0.05) is 10.0 Å². The third-order valence-corrected chi connectivity index (χ3v) is 5.92. The van der Waals surface area contributed by atoms with Crippen molar-refractivity contribution in [3.05, 3.63) is 88.4 Å². The molecule has 0 spiro atoms. The predicted octanol–water partition coefficient (Wildman–Crippen LogP) is 4.61. The summed E-state index contributed by atoms with van der Waals surface area (Å²) in [7, 11) is 0. The second-order valence-electron chi connectivity index (χ2n) is 6.85. The highest BCUT2D eigenvalue weighted by atomic mass is 35.5. The summed E-state index contributed by atoms with van der Waals surface area (Å²) in [6.45, 7) is 0. The number of H-pyrrole nitrogens is 1. The van der Waals surface area contributed by atoms with Crippen LogP contribution in [0.15, 0.2) is 83.1 Å². The Balaban J connectivity index is 1.51. The number of rotatable bonds is 7. The second kappa shape index (κ2) is 10.5. The van der Waals surface area contributed by atoms with Gasteiger partial charge in [0.15, 0.2) is 0 Å². The fourth-order valence-electron chi connectivity index (χ4n) is 2.97. The molecule has 0 bridgehead atoms. The number of aromatic hydroxyl groups is 1. The monoisotopic (exact) mass is 498 g/mol. The molecule has 4 rings (SSSR count). The number of aromatic amines is 1. The molecule has 0 aliphatic rings. The molecule has 1 amide bonds. The molecule has 3 N–H and O–H groups in total. The summed E-state index contributed by atoms with van der Waals surface area (Å²) in [5, 5.41) is 22.7. The van der Waals surface area contributed by atoms with Gasteiger partial charge in [-0.1, -0.05) is 35.3 Å². The van der Waals surface area contributed by atoms with Crippen LogP contribution in [0.25, 0.3) is 17.1 Å². The molecular weight excluding hydrogens is 481 g/mol. The van der Waals surface area contributed by atoms with Crippen molar-refractivity contribution in [1.82, 2.24) is 15.6 Å². The summed E-state index contributed by atoms with van der Waals surface area (Å²) < 4.78 is 1.91. The Hall–Kier alpha value is -3.33. The van der Waals surface area contributed by atoms with Gasteiger partial charge in [-0.15, -0.1) is 5.10 Å². The fourth-order valence-corrected chi connectivity index (χ4v) is 3.98. The number of carbonyl (C=O) groups is 1. The molecule has 1 heterocycles. The smallest absolute Gasteiger partial charge is 0.342 e. The van der Waals surface area contributed by atoms with Gasteiger partial charge >= 0.3 is 5.16 Å². The fraction of sp³-hybridized carbons (Fsp3) is 0.0435. The quantitative estimate of drug-likeness (QED) is 0.150. The van der Waals surface area contributed by atoms with Gasteiger partial charge in [0.05, 0.1) is 22.6 Å². The van der Waals surface area contributed by atoms with Crippen molar-refractivity contribution in [2.45, 2.75) is 5.16 Å². The Labute approximate surface area is 204 Å². The average Bonchev–Trinajstić information content (AvgIpc) is 3.23. The van der Waals surface area contributed by atoms with Crippen molar-refractivity contribution < 1.29 is 14.5 Å². The maximum Gasteiger partial charge on any atom is 0.342 e. The predicted molar refractivity (Wildman–Crippen MR) is 130 cm³/mol. The lowest BCUT2D eigenvalue weighted by Crippen LogP contribution is -2.34. The van der Waals surface area contributed by atoms with E-state index in [1.54, 1.807) is 48.5 Å². The van der Waals surface area contributed by atoms with Gasteiger partial charge in [0.1, 0.15) is 11.4 Å². The molecule has 33 heavy (non-hydrogen) atoms. The number of carbonyl (C=O) groups excluding carboxylic acids is 1. The average molecular weight is 499 g/mol. The van der Waals surface area contributed by atoms with Crippen molar-refractivity contribution in [3.63, 3.8) is 0 Å². The molecule has 7 nitrogen and oxygen atoms in total. The van der Waals surface area contributed by atoms with E-state index in [0.717, 1.165) is 17.1 Å². The molecule has 3 aromatic carbocycles. The maximum atomic E-state index is 12.3. The molecule has 0 radical (unpaired) electrons. The van der Waals surface area contributed by atoms with Gasteiger partial charge in [-0.25, -0.2) is 5.43 Å². The Kier molecular flexibility index (Phi) is 7.29. The number of hydrogen-bond donors (Lipinski definition) is 3. The van der Waals surface area contributed by atoms with E-state index >= 15 is 0 Å². The highest BCUT2D eigenvalue weighted by Gasteiger charge is 2.24. The normalized spacial score (nSPS) is 11.1. The first-order chi connectivity index (χ1) is 16.0. The number of nitrogens with zero attached hydrogens (tertiary/aromatic N) is 3. The lowest BCUT2D eigenvalue weighted by Gasteiger charge is -2.05. The number of phenolic OH excluding ortho intramolecular Hbond substituents is 1. The first kappa shape index (κ1) is 22.8. The first-order valence-electron chi connectivity index (χ1n) is 9.75. The zero-order chi connectivity index (χ0) is 23.2. The molecule has 0 atom stereocenters. The van der Waals surface area contributed by atoms with E-state index in [9.17, 15) is 9.90 Å². The van der Waals surface area contributed by atoms with Gasteiger partial charge in [-0.05, 0) is 78.0 Å². The van der Waals surface area contributed by atoms with Gasteiger partial charge in [-0.3, -0.25) is 4.79 Å². The Bertz CT molecular complexity index is 1290. The topological polar surface area (TPSA) is 94.3 Å². The number of nitrogens with one attached hydrogen (secondary N) is 2. The molecule has 10 heteroatoms. The van der Waals surface area contributed by atoms with Gasteiger partial charge in [0.2, 0.25) is 0 Å². The third-order valence-electron chi connectivity index (χ3n) is 4.48. The van der Waals surface area contributed by atoms with Crippen LogP contribution in [-0.4, -0.2) is 33.2 Å². The van der Waals surface area contributed by atoms with E-state index < -0.39 is 0 Å². The summed E-state index contributed by atoms with van der Waals surface area (Å²) in [4.78, 5) is 12.3. The third kappa shape index (κ3) is 5.92. The minimum absolute atomic E-state index is 0.0931. The van der Waals surface area contributed by atoms with Crippen LogP contribution in [0, 0.1) is 0 Å². The molecular formula is C23H18Cl2N5O2S+. The number of halogens is 2. The summed E-state index contributed by atoms with van der Waals surface area (Å²) in [6, 6.07) is 21.3. The van der Waals surface area contributed by atoms with Crippen LogP contribution >= 0.6 is 35.0 Å². The molecule has 4 aromatic rings. The van der Waals surface area contributed by atoms with Crippen molar-refractivity contribution in [3.8, 4) is 22.8 Å². The van der Waals surface area contributed by atoms with Crippen LogP contribution in [0.1, 0.15) is 5.56 Å². The van der Waals surface area contributed by atoms with Crippen LogP contribution in [0.4, 0.5) is 0 Å². The largest absolute Gasteiger partial charge is 0.508 e. The van der Waals surface area contributed by atoms with E-state index in [1.807, 2.05) is 28.8 Å². The van der Waals surface area contributed by atoms with Crippen LogP contribution in [0.3, 0.4) is 0 Å². The summed E-state index contributed by atoms with van der Waals surface area (Å²) in [5.41, 5.74) is 4.87. The lowest BCUT2D eigenvalue weighted by atomic mass is 10.2. The zero-order valence-electron chi connectivity index (χ0n) is 17.1. The van der Waals surface area contributed by atoms with Crippen LogP contribution < -0.4 is 9.99 Å². The van der Waals surface area contributed by atoms with Crippen LogP contribution in [0.2, 0.25) is 10.0 Å². The molecule has 166 valence electrons. The molecule has 0 aliphatic carbocycles. The van der Waals surface area contributed by atoms with E-state index in [-0.39, 0.29) is 17.4 Å². The van der Waals surface area contributed by atoms with Gasteiger partial charge in [-0.2, -0.15) is 9.67 Å². The van der Waals surface area contributed by atoms with E-state index in [1.165, 1.54) is 18.0 Å². The van der Waals surface area contributed by atoms with Gasteiger partial charge in [0.25, 0.3) is 11.7 Å². The number of phenols is 1. The number of benzene rings is 3. The Morgan fingerprint density at radius 3 is 2.48 bits per heavy atom. The van der Waals surface area contributed by atoms with Crippen LogP contribution in [0.5, 0.6) is 5.75 Å².